The average molecular weight is 707 g/mol. The molecule has 10 nitrogen and oxygen atoms in total. The standard InChI is InChI=1S/C34H24F6O10/c1-3-27(41)47-19-45-23-11-5-21(6-12-23)9-17-29(43)49-25-15-16-26(32(34(38,39)40)31(25)33(35,36)37)50-30(44)18-10-22-7-13-24(14-8-22)46-20-48-28(42)4-2/h3-18H,1-2,19-20H2. The Kier molecular flexibility index (Phi) is 13.1. The Balaban J connectivity index is 1.75. The van der Waals surface area contributed by atoms with Crippen LogP contribution >= 0.6 is 0 Å². The van der Waals surface area contributed by atoms with Crippen molar-refractivity contribution < 1.29 is 73.9 Å². The van der Waals surface area contributed by atoms with Crippen LogP contribution in [0.15, 0.2) is 98.1 Å². The van der Waals surface area contributed by atoms with Gasteiger partial charge in [-0.25, -0.2) is 19.2 Å². The van der Waals surface area contributed by atoms with Crippen LogP contribution in [0, 0.1) is 0 Å². The van der Waals surface area contributed by atoms with Crippen LogP contribution in [0.5, 0.6) is 23.0 Å². The van der Waals surface area contributed by atoms with Gasteiger partial charge in [-0.1, -0.05) is 37.4 Å². The maximum absolute atomic E-state index is 14.0. The van der Waals surface area contributed by atoms with Gasteiger partial charge in [-0.15, -0.1) is 0 Å². The van der Waals surface area contributed by atoms with Gasteiger partial charge in [-0.2, -0.15) is 26.3 Å². The number of hydrogen-bond donors (Lipinski definition) is 0. The van der Waals surface area contributed by atoms with E-state index in [0.717, 1.165) is 24.3 Å². The third-order valence-electron chi connectivity index (χ3n) is 5.89. The number of halogens is 6. The monoisotopic (exact) mass is 706 g/mol. The first-order valence-electron chi connectivity index (χ1n) is 13.8. The number of rotatable bonds is 14. The van der Waals surface area contributed by atoms with Gasteiger partial charge < -0.3 is 28.4 Å². The fourth-order valence-corrected chi connectivity index (χ4v) is 3.69. The summed E-state index contributed by atoms with van der Waals surface area (Å²) in [6.45, 7) is 5.59. The number of ether oxygens (including phenoxy) is 6. The predicted octanol–water partition coefficient (Wildman–Crippen LogP) is 7.09. The molecule has 3 rings (SSSR count). The highest BCUT2D eigenvalue weighted by Gasteiger charge is 2.48. The van der Waals surface area contributed by atoms with Crippen molar-refractivity contribution in [1.82, 2.24) is 0 Å². The Morgan fingerprint density at radius 2 is 0.880 bits per heavy atom. The second kappa shape index (κ2) is 17.2. The Morgan fingerprint density at radius 3 is 1.18 bits per heavy atom. The summed E-state index contributed by atoms with van der Waals surface area (Å²) in [5, 5.41) is 0. The topological polar surface area (TPSA) is 124 Å². The lowest BCUT2D eigenvalue weighted by Gasteiger charge is -2.21. The van der Waals surface area contributed by atoms with Gasteiger partial charge in [0.15, 0.2) is 0 Å². The minimum atomic E-state index is -5.72. The highest BCUT2D eigenvalue weighted by molar-refractivity contribution is 5.90. The van der Waals surface area contributed by atoms with Crippen LogP contribution in [-0.2, 0) is 41.0 Å². The molecule has 262 valence electrons. The molecule has 3 aromatic carbocycles. The molecule has 0 bridgehead atoms. The summed E-state index contributed by atoms with van der Waals surface area (Å²) < 4.78 is 113. The fraction of sp³-hybridized carbons (Fsp3) is 0.118. The molecule has 0 aromatic heterocycles. The summed E-state index contributed by atoms with van der Waals surface area (Å²) in [4.78, 5) is 46.8. The molecule has 0 unspecified atom stereocenters. The molecule has 0 aliphatic carbocycles. The van der Waals surface area contributed by atoms with Crippen LogP contribution in [0.25, 0.3) is 12.2 Å². The molecule has 0 saturated carbocycles. The van der Waals surface area contributed by atoms with Gasteiger partial charge in [-0.3, -0.25) is 0 Å². The van der Waals surface area contributed by atoms with Crippen LogP contribution in [0.3, 0.4) is 0 Å². The molecular weight excluding hydrogens is 682 g/mol. The van der Waals surface area contributed by atoms with E-state index in [1.807, 2.05) is 0 Å². The SMILES string of the molecule is C=CC(=O)OCOc1ccc(C=CC(=O)Oc2ccc(OC(=O)C=Cc3ccc(OCOC(=O)C=C)cc3)c(C(F)(F)F)c2C(F)(F)F)cc1. The minimum Gasteiger partial charge on any atom is -0.457 e. The third kappa shape index (κ3) is 11.7. The second-order valence-corrected chi connectivity index (χ2v) is 9.31. The maximum atomic E-state index is 14.0. The first-order valence-corrected chi connectivity index (χ1v) is 13.8. The highest BCUT2D eigenvalue weighted by Crippen LogP contribution is 2.49. The van der Waals surface area contributed by atoms with Gasteiger partial charge >= 0.3 is 36.2 Å². The van der Waals surface area contributed by atoms with Crippen molar-refractivity contribution in [3.8, 4) is 23.0 Å². The summed E-state index contributed by atoms with van der Waals surface area (Å²) in [6.07, 6.45) is -6.03. The van der Waals surface area contributed by atoms with E-state index in [2.05, 4.69) is 32.1 Å². The van der Waals surface area contributed by atoms with E-state index < -0.39 is 72.4 Å². The number of carbonyl (C=O) groups excluding carboxylic acids is 4. The summed E-state index contributed by atoms with van der Waals surface area (Å²) >= 11 is 0. The molecule has 16 heteroatoms. The Bertz CT molecular complexity index is 1640. The molecule has 50 heavy (non-hydrogen) atoms. The molecule has 0 aliphatic rings. The zero-order chi connectivity index (χ0) is 36.9. The molecule has 0 radical (unpaired) electrons. The van der Waals surface area contributed by atoms with Crippen molar-refractivity contribution >= 4 is 36.0 Å². The van der Waals surface area contributed by atoms with Gasteiger partial charge in [0.25, 0.3) is 0 Å². The van der Waals surface area contributed by atoms with E-state index in [4.69, 9.17) is 9.47 Å². The molecule has 0 fully saturated rings. The van der Waals surface area contributed by atoms with Crippen molar-refractivity contribution in [2.45, 2.75) is 12.4 Å². The largest absolute Gasteiger partial charge is 0.457 e. The summed E-state index contributed by atoms with van der Waals surface area (Å²) in [6, 6.07) is 12.1. The molecule has 0 atom stereocenters. The number of carbonyl (C=O) groups is 4. The lowest BCUT2D eigenvalue weighted by molar-refractivity contribution is -0.164. The first-order chi connectivity index (χ1) is 23.6. The van der Waals surface area contributed by atoms with Crippen LogP contribution < -0.4 is 18.9 Å². The smallest absolute Gasteiger partial charge is 0.420 e. The van der Waals surface area contributed by atoms with Crippen LogP contribution in [0.1, 0.15) is 22.3 Å². The molecule has 3 aromatic rings. The van der Waals surface area contributed by atoms with Crippen LogP contribution in [0.2, 0.25) is 0 Å². The number of esters is 4. The number of benzene rings is 3. The maximum Gasteiger partial charge on any atom is 0.420 e. The summed E-state index contributed by atoms with van der Waals surface area (Å²) in [5.41, 5.74) is -4.16. The molecular formula is C34H24F6O10. The van der Waals surface area contributed by atoms with E-state index in [1.165, 1.54) is 48.5 Å². The van der Waals surface area contributed by atoms with E-state index in [1.54, 1.807) is 0 Å². The highest BCUT2D eigenvalue weighted by atomic mass is 19.4. The lowest BCUT2D eigenvalue weighted by atomic mass is 10.0. The predicted molar refractivity (Wildman–Crippen MR) is 162 cm³/mol. The summed E-state index contributed by atoms with van der Waals surface area (Å²) in [5.74, 6) is -6.84. The van der Waals surface area contributed by atoms with Crippen LogP contribution in [-0.4, -0.2) is 37.5 Å². The molecule has 0 saturated heterocycles. The quantitative estimate of drug-likeness (QED) is 0.0564. The van der Waals surface area contributed by atoms with Gasteiger partial charge in [0.05, 0.1) is 0 Å². The molecule has 0 N–H and O–H groups in total. The van der Waals surface area contributed by atoms with Gasteiger partial charge in [0, 0.05) is 24.3 Å². The zero-order valence-electron chi connectivity index (χ0n) is 25.4. The summed E-state index contributed by atoms with van der Waals surface area (Å²) in [7, 11) is 0. The Hall–Kier alpha value is -6.32. The first kappa shape index (κ1) is 38.1. The van der Waals surface area contributed by atoms with Gasteiger partial charge in [-0.05, 0) is 59.7 Å². The van der Waals surface area contributed by atoms with Gasteiger partial charge in [0.1, 0.15) is 34.1 Å². The normalized spacial score (nSPS) is 11.5. The van der Waals surface area contributed by atoms with Crippen molar-refractivity contribution in [2.75, 3.05) is 13.6 Å². The Labute approximate surface area is 279 Å². The van der Waals surface area contributed by atoms with E-state index in [-0.39, 0.29) is 11.5 Å². The molecule has 0 amide bonds. The fourth-order valence-electron chi connectivity index (χ4n) is 3.69. The minimum absolute atomic E-state index is 0.249. The lowest BCUT2D eigenvalue weighted by Crippen LogP contribution is -2.21. The molecule has 0 aliphatic heterocycles. The van der Waals surface area contributed by atoms with Gasteiger partial charge in [0.2, 0.25) is 13.6 Å². The van der Waals surface area contributed by atoms with Crippen molar-refractivity contribution in [2.24, 2.45) is 0 Å². The number of alkyl halides is 6. The second-order valence-electron chi connectivity index (χ2n) is 9.31. The molecule has 0 spiro atoms. The third-order valence-corrected chi connectivity index (χ3v) is 5.89. The Morgan fingerprint density at radius 1 is 0.540 bits per heavy atom. The van der Waals surface area contributed by atoms with E-state index in [0.29, 0.717) is 35.4 Å². The molecule has 0 heterocycles. The van der Waals surface area contributed by atoms with Crippen LogP contribution in [0.4, 0.5) is 26.3 Å². The van der Waals surface area contributed by atoms with Crippen molar-refractivity contribution in [1.29, 1.82) is 0 Å². The number of hydrogen-bond acceptors (Lipinski definition) is 10. The van der Waals surface area contributed by atoms with Crippen molar-refractivity contribution in [3.05, 3.63) is 120 Å². The van der Waals surface area contributed by atoms with E-state index >= 15 is 0 Å². The zero-order valence-corrected chi connectivity index (χ0v) is 25.4. The van der Waals surface area contributed by atoms with E-state index in [9.17, 15) is 45.5 Å². The van der Waals surface area contributed by atoms with Crippen molar-refractivity contribution in [3.63, 3.8) is 0 Å². The average Bonchev–Trinajstić information content (AvgIpc) is 3.06.